The molecule has 5 rings (SSSR count). The zero-order valence-corrected chi connectivity index (χ0v) is 18.2. The monoisotopic (exact) mass is 454 g/mol. The van der Waals surface area contributed by atoms with Crippen molar-refractivity contribution < 1.29 is 4.74 Å². The van der Waals surface area contributed by atoms with E-state index in [1.807, 2.05) is 54.6 Å². The number of aromatic nitrogens is 2. The molecule has 150 valence electrons. The molecule has 1 aliphatic rings. The zero-order valence-electron chi connectivity index (χ0n) is 15.9. The van der Waals surface area contributed by atoms with Gasteiger partial charge in [-0.3, -0.25) is 0 Å². The van der Waals surface area contributed by atoms with Gasteiger partial charge in [-0.15, -0.1) is 0 Å². The number of nitrogens with zero attached hydrogens (tertiary/aromatic N) is 2. The highest BCUT2D eigenvalue weighted by atomic mass is 35.5. The Morgan fingerprint density at radius 2 is 1.60 bits per heavy atom. The fourth-order valence-electron chi connectivity index (χ4n) is 4.19. The van der Waals surface area contributed by atoms with Crippen LogP contribution in [0, 0.1) is 0 Å². The molecular formula is C24H17Cl3N2O. The van der Waals surface area contributed by atoms with Gasteiger partial charge in [0, 0.05) is 27.6 Å². The van der Waals surface area contributed by atoms with Gasteiger partial charge in [0.25, 0.3) is 0 Å². The maximum atomic E-state index is 6.36. The van der Waals surface area contributed by atoms with Gasteiger partial charge in [0.05, 0.1) is 11.2 Å². The van der Waals surface area contributed by atoms with E-state index < -0.39 is 5.60 Å². The molecule has 0 bridgehead atoms. The quantitative estimate of drug-likeness (QED) is 0.304. The SMILES string of the molecule is Clc1ccc(C2(c3ccc4nc(Cl)nc(-c5cccc(Cl)c5)c4c3)CCCO2)cc1. The van der Waals surface area contributed by atoms with Gasteiger partial charge in [0.1, 0.15) is 5.60 Å². The van der Waals surface area contributed by atoms with Gasteiger partial charge in [-0.2, -0.15) is 0 Å². The molecule has 0 N–H and O–H groups in total. The minimum Gasteiger partial charge on any atom is -0.366 e. The molecule has 0 aliphatic carbocycles. The summed E-state index contributed by atoms with van der Waals surface area (Å²) < 4.78 is 6.36. The van der Waals surface area contributed by atoms with Crippen LogP contribution in [0.5, 0.6) is 0 Å². The van der Waals surface area contributed by atoms with E-state index in [9.17, 15) is 0 Å². The fraction of sp³-hybridized carbons (Fsp3) is 0.167. The second-order valence-corrected chi connectivity index (χ2v) is 8.58. The van der Waals surface area contributed by atoms with Gasteiger partial charge in [-0.25, -0.2) is 9.97 Å². The lowest BCUT2D eigenvalue weighted by molar-refractivity contribution is 0.0361. The van der Waals surface area contributed by atoms with Gasteiger partial charge in [0.15, 0.2) is 0 Å². The predicted octanol–water partition coefficient (Wildman–Crippen LogP) is 7.31. The molecule has 0 saturated carbocycles. The first-order valence-corrected chi connectivity index (χ1v) is 10.8. The Morgan fingerprint density at radius 1 is 0.800 bits per heavy atom. The summed E-state index contributed by atoms with van der Waals surface area (Å²) in [7, 11) is 0. The van der Waals surface area contributed by atoms with Crippen molar-refractivity contribution in [3.05, 3.63) is 93.2 Å². The number of hydrogen-bond donors (Lipinski definition) is 0. The smallest absolute Gasteiger partial charge is 0.223 e. The summed E-state index contributed by atoms with van der Waals surface area (Å²) in [5.74, 6) is 0. The predicted molar refractivity (Wildman–Crippen MR) is 122 cm³/mol. The van der Waals surface area contributed by atoms with E-state index in [1.54, 1.807) is 0 Å². The molecule has 4 aromatic rings. The first-order valence-electron chi connectivity index (χ1n) is 9.69. The molecule has 3 nitrogen and oxygen atoms in total. The summed E-state index contributed by atoms with van der Waals surface area (Å²) in [5, 5.41) is 2.46. The lowest BCUT2D eigenvalue weighted by Crippen LogP contribution is -2.26. The van der Waals surface area contributed by atoms with Crippen LogP contribution in [-0.2, 0) is 10.3 Å². The van der Waals surface area contributed by atoms with E-state index in [-0.39, 0.29) is 5.28 Å². The summed E-state index contributed by atoms with van der Waals surface area (Å²) in [5.41, 5.74) is 4.04. The summed E-state index contributed by atoms with van der Waals surface area (Å²) in [6, 6.07) is 21.6. The summed E-state index contributed by atoms with van der Waals surface area (Å²) >= 11 is 18.6. The van der Waals surface area contributed by atoms with Gasteiger partial charge in [0.2, 0.25) is 5.28 Å². The van der Waals surface area contributed by atoms with Crippen LogP contribution in [0.15, 0.2) is 66.7 Å². The molecule has 0 radical (unpaired) electrons. The number of hydrogen-bond acceptors (Lipinski definition) is 3. The van der Waals surface area contributed by atoms with Gasteiger partial charge >= 0.3 is 0 Å². The van der Waals surface area contributed by atoms with Crippen molar-refractivity contribution in [2.45, 2.75) is 18.4 Å². The second-order valence-electron chi connectivity index (χ2n) is 7.37. The van der Waals surface area contributed by atoms with Crippen LogP contribution in [0.3, 0.4) is 0 Å². The topological polar surface area (TPSA) is 35.0 Å². The van der Waals surface area contributed by atoms with Gasteiger partial charge in [-0.1, -0.05) is 53.5 Å². The third-order valence-electron chi connectivity index (χ3n) is 5.56. The molecule has 1 aliphatic heterocycles. The molecule has 6 heteroatoms. The number of benzene rings is 3. The Labute approximate surface area is 189 Å². The Hall–Kier alpha value is -2.17. The van der Waals surface area contributed by atoms with E-state index >= 15 is 0 Å². The van der Waals surface area contributed by atoms with Crippen LogP contribution in [0.4, 0.5) is 0 Å². The van der Waals surface area contributed by atoms with E-state index in [4.69, 9.17) is 39.5 Å². The van der Waals surface area contributed by atoms with Crippen LogP contribution >= 0.6 is 34.8 Å². The molecule has 2 heterocycles. The third-order valence-corrected chi connectivity index (χ3v) is 6.22. The van der Waals surface area contributed by atoms with Crippen LogP contribution in [0.1, 0.15) is 24.0 Å². The van der Waals surface area contributed by atoms with Crippen LogP contribution < -0.4 is 0 Å². The molecule has 1 fully saturated rings. The average molecular weight is 456 g/mol. The molecule has 30 heavy (non-hydrogen) atoms. The van der Waals surface area contributed by atoms with Crippen molar-refractivity contribution in [1.29, 1.82) is 0 Å². The number of halogens is 3. The standard InChI is InChI=1S/C24H17Cl3N2O/c25-18-8-5-16(6-9-18)24(11-2-12-30-24)17-7-10-21-20(14-17)22(29-23(27)28-21)15-3-1-4-19(26)13-15/h1,3-10,13-14H,2,11-12H2. The molecule has 0 amide bonds. The molecule has 1 saturated heterocycles. The van der Waals surface area contributed by atoms with Crippen LogP contribution in [0.2, 0.25) is 15.3 Å². The number of rotatable bonds is 3. The third kappa shape index (κ3) is 3.46. The van der Waals surface area contributed by atoms with Crippen molar-refractivity contribution >= 4 is 45.7 Å². The summed E-state index contributed by atoms with van der Waals surface area (Å²) in [4.78, 5) is 8.95. The molecule has 1 aromatic heterocycles. The lowest BCUT2D eigenvalue weighted by Gasteiger charge is -2.30. The highest BCUT2D eigenvalue weighted by molar-refractivity contribution is 6.31. The Balaban J connectivity index is 1.73. The Bertz CT molecular complexity index is 1240. The van der Waals surface area contributed by atoms with Crippen molar-refractivity contribution in [2.24, 2.45) is 0 Å². The molecule has 1 unspecified atom stereocenters. The van der Waals surface area contributed by atoms with Crippen molar-refractivity contribution in [2.75, 3.05) is 6.61 Å². The molecule has 1 atom stereocenters. The van der Waals surface area contributed by atoms with Crippen LogP contribution in [0.25, 0.3) is 22.2 Å². The molecule has 0 spiro atoms. The largest absolute Gasteiger partial charge is 0.366 e. The van der Waals surface area contributed by atoms with Gasteiger partial charge < -0.3 is 4.74 Å². The summed E-state index contributed by atoms with van der Waals surface area (Å²) in [6.45, 7) is 0.707. The second kappa shape index (κ2) is 7.82. The van der Waals surface area contributed by atoms with Crippen molar-refractivity contribution in [3.8, 4) is 11.3 Å². The van der Waals surface area contributed by atoms with E-state index in [0.717, 1.165) is 46.1 Å². The minimum absolute atomic E-state index is 0.203. The van der Waals surface area contributed by atoms with Crippen molar-refractivity contribution in [3.63, 3.8) is 0 Å². The zero-order chi connectivity index (χ0) is 20.7. The Morgan fingerprint density at radius 3 is 2.33 bits per heavy atom. The highest BCUT2D eigenvalue weighted by Gasteiger charge is 2.39. The number of fused-ring (bicyclic) bond motifs is 1. The molecular weight excluding hydrogens is 439 g/mol. The van der Waals surface area contributed by atoms with Crippen molar-refractivity contribution in [1.82, 2.24) is 9.97 Å². The maximum Gasteiger partial charge on any atom is 0.223 e. The fourth-order valence-corrected chi connectivity index (χ4v) is 4.68. The summed E-state index contributed by atoms with van der Waals surface area (Å²) in [6.07, 6.45) is 1.88. The Kier molecular flexibility index (Phi) is 5.16. The first kappa shape index (κ1) is 19.8. The number of ether oxygens (including phenoxy) is 1. The first-order chi connectivity index (χ1) is 14.5. The van der Waals surface area contributed by atoms with E-state index in [1.165, 1.54) is 0 Å². The van der Waals surface area contributed by atoms with E-state index in [0.29, 0.717) is 16.7 Å². The molecule has 3 aromatic carbocycles. The lowest BCUT2D eigenvalue weighted by atomic mass is 9.83. The minimum atomic E-state index is -0.524. The van der Waals surface area contributed by atoms with Gasteiger partial charge in [-0.05, 0) is 72.0 Å². The average Bonchev–Trinajstić information content (AvgIpc) is 3.24. The van der Waals surface area contributed by atoms with Crippen LogP contribution in [-0.4, -0.2) is 16.6 Å². The maximum absolute atomic E-state index is 6.36. The normalized spacial score (nSPS) is 18.8. The highest BCUT2D eigenvalue weighted by Crippen LogP contribution is 2.44. The van der Waals surface area contributed by atoms with E-state index in [2.05, 4.69) is 22.1 Å².